The van der Waals surface area contributed by atoms with Gasteiger partial charge in [0.2, 0.25) is 5.91 Å². The standard InChI is InChI=1S/C26H23NO5/c1-27(2)23(28)15-14-18-16-21(25(29)30-3)24-22(17-18)31-26(32-24,19-10-6-4-7-11-19)20-12-8-5-9-13-20/h4-17H,1-3H3/b15-14+. The zero-order valence-electron chi connectivity index (χ0n) is 18.1. The second-order valence-electron chi connectivity index (χ2n) is 7.51. The molecule has 0 unspecified atom stereocenters. The Labute approximate surface area is 186 Å². The summed E-state index contributed by atoms with van der Waals surface area (Å²) < 4.78 is 17.8. The van der Waals surface area contributed by atoms with E-state index in [1.54, 1.807) is 32.3 Å². The minimum absolute atomic E-state index is 0.176. The molecule has 162 valence electrons. The molecule has 0 radical (unpaired) electrons. The average molecular weight is 429 g/mol. The predicted octanol–water partition coefficient (Wildman–Crippen LogP) is 4.25. The lowest BCUT2D eigenvalue weighted by Gasteiger charge is -2.28. The van der Waals surface area contributed by atoms with Crippen LogP contribution in [0.25, 0.3) is 6.08 Å². The highest BCUT2D eigenvalue weighted by atomic mass is 16.7. The Balaban J connectivity index is 1.86. The lowest BCUT2D eigenvalue weighted by Crippen LogP contribution is -2.36. The summed E-state index contributed by atoms with van der Waals surface area (Å²) >= 11 is 0. The van der Waals surface area contributed by atoms with Crippen LogP contribution in [0.3, 0.4) is 0 Å². The molecule has 0 N–H and O–H groups in total. The van der Waals surface area contributed by atoms with E-state index < -0.39 is 11.8 Å². The molecule has 1 aliphatic heterocycles. The highest BCUT2D eigenvalue weighted by Gasteiger charge is 2.47. The highest BCUT2D eigenvalue weighted by molar-refractivity contribution is 5.96. The van der Waals surface area contributed by atoms with Gasteiger partial charge in [0, 0.05) is 31.3 Å². The van der Waals surface area contributed by atoms with Crippen molar-refractivity contribution in [1.82, 2.24) is 4.90 Å². The van der Waals surface area contributed by atoms with Crippen LogP contribution in [0.4, 0.5) is 0 Å². The van der Waals surface area contributed by atoms with Crippen LogP contribution in [0, 0.1) is 0 Å². The van der Waals surface area contributed by atoms with Gasteiger partial charge in [0.1, 0.15) is 5.56 Å². The number of nitrogens with zero attached hydrogens (tertiary/aromatic N) is 1. The topological polar surface area (TPSA) is 65.1 Å². The van der Waals surface area contributed by atoms with Gasteiger partial charge < -0.3 is 19.1 Å². The Hall–Kier alpha value is -4.06. The number of carbonyl (C=O) groups excluding carboxylic acids is 2. The third-order valence-electron chi connectivity index (χ3n) is 5.15. The second kappa shape index (κ2) is 8.59. The molecule has 6 heteroatoms. The third-order valence-corrected chi connectivity index (χ3v) is 5.15. The molecule has 0 atom stereocenters. The summed E-state index contributed by atoms with van der Waals surface area (Å²) in [5, 5.41) is 0. The Morgan fingerprint density at radius 1 is 0.906 bits per heavy atom. The van der Waals surface area contributed by atoms with Gasteiger partial charge in [-0.05, 0) is 23.8 Å². The quantitative estimate of drug-likeness (QED) is 0.448. The van der Waals surface area contributed by atoms with Crippen LogP contribution < -0.4 is 9.47 Å². The molecule has 3 aromatic carbocycles. The molecule has 6 nitrogen and oxygen atoms in total. The second-order valence-corrected chi connectivity index (χ2v) is 7.51. The number of hydrogen-bond acceptors (Lipinski definition) is 5. The molecular formula is C26H23NO5. The fourth-order valence-corrected chi connectivity index (χ4v) is 3.52. The number of esters is 1. The summed E-state index contributed by atoms with van der Waals surface area (Å²) in [6, 6.07) is 22.4. The molecule has 1 heterocycles. The molecule has 0 bridgehead atoms. The first-order chi connectivity index (χ1) is 15.4. The fourth-order valence-electron chi connectivity index (χ4n) is 3.52. The number of rotatable bonds is 5. The monoisotopic (exact) mass is 429 g/mol. The van der Waals surface area contributed by atoms with Crippen LogP contribution in [-0.2, 0) is 15.3 Å². The van der Waals surface area contributed by atoms with E-state index >= 15 is 0 Å². The number of amides is 1. The number of benzene rings is 3. The number of fused-ring (bicyclic) bond motifs is 1. The van der Waals surface area contributed by atoms with E-state index in [1.165, 1.54) is 18.1 Å². The van der Waals surface area contributed by atoms with E-state index in [0.717, 1.165) is 11.1 Å². The Bertz CT molecular complexity index is 1130. The smallest absolute Gasteiger partial charge is 0.341 e. The van der Waals surface area contributed by atoms with Crippen molar-refractivity contribution in [2.75, 3.05) is 21.2 Å². The van der Waals surface area contributed by atoms with E-state index in [1.807, 2.05) is 60.7 Å². The molecule has 4 rings (SSSR count). The van der Waals surface area contributed by atoms with Crippen molar-refractivity contribution in [3.05, 3.63) is 101 Å². The lowest BCUT2D eigenvalue weighted by molar-refractivity contribution is -0.123. The molecule has 0 aliphatic carbocycles. The SMILES string of the molecule is COC(=O)c1cc(/C=C/C(=O)N(C)C)cc2c1OC(c1ccccc1)(c1ccccc1)O2. The molecule has 3 aromatic rings. The zero-order chi connectivity index (χ0) is 22.7. The van der Waals surface area contributed by atoms with Crippen molar-refractivity contribution in [3.63, 3.8) is 0 Å². The van der Waals surface area contributed by atoms with Crippen LogP contribution >= 0.6 is 0 Å². The lowest BCUT2D eigenvalue weighted by atomic mass is 9.97. The summed E-state index contributed by atoms with van der Waals surface area (Å²) in [5.41, 5.74) is 2.38. The molecule has 0 aromatic heterocycles. The number of carbonyl (C=O) groups is 2. The molecule has 1 aliphatic rings. The largest absolute Gasteiger partial charge is 0.465 e. The Morgan fingerprint density at radius 3 is 2.03 bits per heavy atom. The number of ether oxygens (including phenoxy) is 3. The van der Waals surface area contributed by atoms with Gasteiger partial charge in [-0.3, -0.25) is 4.79 Å². The maximum absolute atomic E-state index is 12.6. The number of likely N-dealkylation sites (N-methyl/N-ethyl adjacent to an activating group) is 1. The van der Waals surface area contributed by atoms with E-state index in [0.29, 0.717) is 17.1 Å². The molecule has 0 saturated heterocycles. The van der Waals surface area contributed by atoms with Gasteiger partial charge in [-0.2, -0.15) is 0 Å². The first kappa shape index (κ1) is 21.2. The number of hydrogen-bond donors (Lipinski definition) is 0. The van der Waals surface area contributed by atoms with Crippen LogP contribution in [0.15, 0.2) is 78.9 Å². The van der Waals surface area contributed by atoms with E-state index in [9.17, 15) is 9.59 Å². The Morgan fingerprint density at radius 2 is 1.50 bits per heavy atom. The minimum atomic E-state index is -1.27. The number of methoxy groups -OCH3 is 1. The van der Waals surface area contributed by atoms with Gasteiger partial charge in [-0.1, -0.05) is 60.7 Å². The zero-order valence-corrected chi connectivity index (χ0v) is 18.1. The maximum atomic E-state index is 12.6. The minimum Gasteiger partial charge on any atom is -0.465 e. The molecule has 0 spiro atoms. The molecular weight excluding hydrogens is 406 g/mol. The summed E-state index contributed by atoms with van der Waals surface area (Å²) in [5.74, 6) is -1.32. The van der Waals surface area contributed by atoms with Crippen molar-refractivity contribution in [2.45, 2.75) is 5.79 Å². The van der Waals surface area contributed by atoms with Crippen LogP contribution in [0.1, 0.15) is 27.0 Å². The van der Waals surface area contributed by atoms with Crippen LogP contribution in [0.5, 0.6) is 11.5 Å². The molecule has 1 amide bonds. The Kier molecular flexibility index (Phi) is 5.69. The van der Waals surface area contributed by atoms with Crippen molar-refractivity contribution in [1.29, 1.82) is 0 Å². The fraction of sp³-hybridized carbons (Fsp3) is 0.154. The van der Waals surface area contributed by atoms with Gasteiger partial charge in [-0.25, -0.2) is 4.79 Å². The van der Waals surface area contributed by atoms with E-state index in [2.05, 4.69) is 0 Å². The van der Waals surface area contributed by atoms with Gasteiger partial charge in [-0.15, -0.1) is 0 Å². The van der Waals surface area contributed by atoms with E-state index in [4.69, 9.17) is 14.2 Å². The van der Waals surface area contributed by atoms with Crippen molar-refractivity contribution in [3.8, 4) is 11.5 Å². The van der Waals surface area contributed by atoms with Crippen molar-refractivity contribution >= 4 is 18.0 Å². The summed E-state index contributed by atoms with van der Waals surface area (Å²) in [7, 11) is 4.64. The van der Waals surface area contributed by atoms with Crippen molar-refractivity contribution < 1.29 is 23.8 Å². The first-order valence-electron chi connectivity index (χ1n) is 10.1. The van der Waals surface area contributed by atoms with Crippen LogP contribution in [0.2, 0.25) is 0 Å². The molecule has 0 fully saturated rings. The van der Waals surface area contributed by atoms with Gasteiger partial charge in [0.15, 0.2) is 11.5 Å². The average Bonchev–Trinajstić information content (AvgIpc) is 3.23. The molecule has 0 saturated carbocycles. The van der Waals surface area contributed by atoms with E-state index in [-0.39, 0.29) is 11.5 Å². The summed E-state index contributed by atoms with van der Waals surface area (Å²) in [4.78, 5) is 26.0. The van der Waals surface area contributed by atoms with Crippen LogP contribution in [-0.4, -0.2) is 38.0 Å². The highest BCUT2D eigenvalue weighted by Crippen LogP contribution is 2.50. The van der Waals surface area contributed by atoms with Gasteiger partial charge in [0.25, 0.3) is 0 Å². The van der Waals surface area contributed by atoms with Gasteiger partial charge >= 0.3 is 11.8 Å². The first-order valence-corrected chi connectivity index (χ1v) is 10.1. The maximum Gasteiger partial charge on any atom is 0.341 e. The molecule has 32 heavy (non-hydrogen) atoms. The third kappa shape index (κ3) is 3.83. The summed E-state index contributed by atoms with van der Waals surface area (Å²) in [6.07, 6.45) is 3.06. The normalized spacial score (nSPS) is 13.7. The van der Waals surface area contributed by atoms with Crippen molar-refractivity contribution in [2.24, 2.45) is 0 Å². The predicted molar refractivity (Wildman–Crippen MR) is 120 cm³/mol. The summed E-state index contributed by atoms with van der Waals surface area (Å²) in [6.45, 7) is 0. The van der Waals surface area contributed by atoms with Gasteiger partial charge in [0.05, 0.1) is 7.11 Å².